The van der Waals surface area contributed by atoms with Crippen molar-refractivity contribution in [3.05, 3.63) is 30.0 Å². The Kier molecular flexibility index (Phi) is 6.70. The predicted molar refractivity (Wildman–Crippen MR) is 96.1 cm³/mol. The molecule has 0 spiro atoms. The lowest BCUT2D eigenvalue weighted by atomic mass is 9.94. The molecule has 0 amide bonds. The summed E-state index contributed by atoms with van der Waals surface area (Å²) in [6.45, 7) is 6.87. The fourth-order valence-electron chi connectivity index (χ4n) is 2.02. The third kappa shape index (κ3) is 5.33. The van der Waals surface area contributed by atoms with Crippen molar-refractivity contribution in [3.8, 4) is 0 Å². The number of halogens is 1. The van der Waals surface area contributed by atoms with Crippen molar-refractivity contribution < 1.29 is 4.42 Å². The largest absolute Gasteiger partial charge is 0.443 e. The number of nitrogens with zero attached hydrogens (tertiary/aromatic N) is 2. The quantitative estimate of drug-likeness (QED) is 0.352. The van der Waals surface area contributed by atoms with Crippen molar-refractivity contribution in [1.29, 1.82) is 0 Å². The highest BCUT2D eigenvalue weighted by Gasteiger charge is 2.19. The van der Waals surface area contributed by atoms with Gasteiger partial charge in [-0.3, -0.25) is 4.99 Å². The first-order valence-corrected chi connectivity index (χ1v) is 7.06. The van der Waals surface area contributed by atoms with Crippen LogP contribution in [0.25, 0.3) is 0 Å². The van der Waals surface area contributed by atoms with E-state index in [9.17, 15) is 0 Å². The van der Waals surface area contributed by atoms with Crippen LogP contribution in [-0.2, 0) is 12.0 Å². The molecule has 5 nitrogen and oxygen atoms in total. The summed E-state index contributed by atoms with van der Waals surface area (Å²) in [5, 5.41) is 6.61. The van der Waals surface area contributed by atoms with Crippen molar-refractivity contribution in [1.82, 2.24) is 15.6 Å². The molecule has 21 heavy (non-hydrogen) atoms. The Hall–Kier alpha value is -1.05. The highest BCUT2D eigenvalue weighted by Crippen LogP contribution is 2.22. The van der Waals surface area contributed by atoms with Gasteiger partial charge in [0.15, 0.2) is 5.96 Å². The van der Waals surface area contributed by atoms with E-state index in [1.165, 1.54) is 0 Å². The number of aliphatic imine (C=N–C) groups is 1. The van der Waals surface area contributed by atoms with E-state index in [-0.39, 0.29) is 29.4 Å². The Balaban J connectivity index is 0.00000220. The summed E-state index contributed by atoms with van der Waals surface area (Å²) in [6.07, 6.45) is 8.28. The molecule has 0 aliphatic heterocycles. The van der Waals surface area contributed by atoms with Crippen LogP contribution in [0.5, 0.6) is 0 Å². The first kappa shape index (κ1) is 18.0. The summed E-state index contributed by atoms with van der Waals surface area (Å²) in [6, 6.07) is 0.441. The van der Waals surface area contributed by atoms with Crippen LogP contribution in [0.2, 0.25) is 0 Å². The number of hydrogen-bond acceptors (Lipinski definition) is 3. The van der Waals surface area contributed by atoms with Crippen LogP contribution < -0.4 is 10.6 Å². The normalized spacial score (nSPS) is 15.9. The van der Waals surface area contributed by atoms with Crippen LogP contribution in [0.15, 0.2) is 27.8 Å². The van der Waals surface area contributed by atoms with Crippen LogP contribution in [0.3, 0.4) is 0 Å². The minimum absolute atomic E-state index is 0. The molecule has 0 atom stereocenters. The SMILES string of the molecule is CN=C(NCc1ncc(C(C)(C)C)o1)NC1CC=CC1.I. The maximum atomic E-state index is 5.74. The van der Waals surface area contributed by atoms with Crippen LogP contribution in [-0.4, -0.2) is 24.0 Å². The lowest BCUT2D eigenvalue weighted by molar-refractivity contribution is 0.379. The fraction of sp³-hybridized carbons (Fsp3) is 0.600. The van der Waals surface area contributed by atoms with Crippen LogP contribution in [0, 0.1) is 0 Å². The summed E-state index contributed by atoms with van der Waals surface area (Å²) in [5.41, 5.74) is -0.0132. The molecule has 0 aromatic carbocycles. The molecule has 2 N–H and O–H groups in total. The van der Waals surface area contributed by atoms with Crippen LogP contribution >= 0.6 is 24.0 Å². The second-order valence-electron chi connectivity index (χ2n) is 6.08. The highest BCUT2D eigenvalue weighted by molar-refractivity contribution is 14.0. The van der Waals surface area contributed by atoms with Gasteiger partial charge in [-0.1, -0.05) is 32.9 Å². The van der Waals surface area contributed by atoms with Crippen LogP contribution in [0.1, 0.15) is 45.3 Å². The fourth-order valence-corrected chi connectivity index (χ4v) is 2.02. The van der Waals surface area contributed by atoms with Gasteiger partial charge in [0.25, 0.3) is 0 Å². The van der Waals surface area contributed by atoms with Crippen molar-refractivity contribution in [2.45, 2.75) is 51.6 Å². The molecule has 0 radical (unpaired) electrons. The molecule has 6 heteroatoms. The lowest BCUT2D eigenvalue weighted by Crippen LogP contribution is -2.42. The zero-order chi connectivity index (χ0) is 14.6. The van der Waals surface area contributed by atoms with Crippen molar-refractivity contribution in [3.63, 3.8) is 0 Å². The molecule has 1 aliphatic rings. The van der Waals surface area contributed by atoms with Crippen molar-refractivity contribution in [2.75, 3.05) is 7.05 Å². The average molecular weight is 404 g/mol. The number of guanidine groups is 1. The monoisotopic (exact) mass is 404 g/mol. The Bertz CT molecular complexity index is 494. The van der Waals surface area contributed by atoms with Crippen molar-refractivity contribution in [2.24, 2.45) is 4.99 Å². The van der Waals surface area contributed by atoms with E-state index in [1.54, 1.807) is 13.2 Å². The summed E-state index contributed by atoms with van der Waals surface area (Å²) < 4.78 is 5.74. The number of nitrogens with one attached hydrogen (secondary N) is 2. The van der Waals surface area contributed by atoms with Gasteiger partial charge >= 0.3 is 0 Å². The third-order valence-electron chi connectivity index (χ3n) is 3.27. The van der Waals surface area contributed by atoms with Gasteiger partial charge in [0.05, 0.1) is 12.7 Å². The molecule has 0 saturated heterocycles. The van der Waals surface area contributed by atoms with Gasteiger partial charge in [-0.2, -0.15) is 0 Å². The molecular weight excluding hydrogens is 379 g/mol. The topological polar surface area (TPSA) is 62.5 Å². The van der Waals surface area contributed by atoms with Gasteiger partial charge in [-0.25, -0.2) is 4.98 Å². The maximum Gasteiger partial charge on any atom is 0.213 e. The standard InChI is InChI=1S/C15H24N4O.HI/c1-15(2,3)12-9-17-13(20-12)10-18-14(16-4)19-11-7-5-6-8-11;/h5-6,9,11H,7-8,10H2,1-4H3,(H2,16,18,19);1H. The maximum absolute atomic E-state index is 5.74. The van der Waals surface area contributed by atoms with E-state index in [4.69, 9.17) is 4.42 Å². The number of aromatic nitrogens is 1. The first-order valence-electron chi connectivity index (χ1n) is 7.06. The zero-order valence-electron chi connectivity index (χ0n) is 13.1. The van der Waals surface area contributed by atoms with E-state index >= 15 is 0 Å². The summed E-state index contributed by atoms with van der Waals surface area (Å²) in [7, 11) is 1.77. The summed E-state index contributed by atoms with van der Waals surface area (Å²) in [4.78, 5) is 8.52. The number of oxazole rings is 1. The summed E-state index contributed by atoms with van der Waals surface area (Å²) in [5.74, 6) is 2.37. The average Bonchev–Trinajstić information content (AvgIpc) is 3.04. The van der Waals surface area contributed by atoms with E-state index in [0.717, 1.165) is 24.6 Å². The van der Waals surface area contributed by atoms with Gasteiger partial charge in [-0.05, 0) is 12.8 Å². The molecule has 0 saturated carbocycles. The van der Waals surface area contributed by atoms with E-state index < -0.39 is 0 Å². The van der Waals surface area contributed by atoms with E-state index in [1.807, 2.05) is 0 Å². The molecule has 1 heterocycles. The van der Waals surface area contributed by atoms with E-state index in [0.29, 0.717) is 18.5 Å². The summed E-state index contributed by atoms with van der Waals surface area (Å²) >= 11 is 0. The molecule has 1 aromatic rings. The Morgan fingerprint density at radius 1 is 1.38 bits per heavy atom. The van der Waals surface area contributed by atoms with Crippen molar-refractivity contribution >= 4 is 29.9 Å². The Morgan fingerprint density at radius 3 is 2.57 bits per heavy atom. The van der Waals surface area contributed by atoms with Gasteiger partial charge < -0.3 is 15.1 Å². The van der Waals surface area contributed by atoms with Gasteiger partial charge in [0.1, 0.15) is 5.76 Å². The van der Waals surface area contributed by atoms with Gasteiger partial charge in [0, 0.05) is 18.5 Å². The molecule has 0 fully saturated rings. The number of rotatable bonds is 3. The smallest absolute Gasteiger partial charge is 0.213 e. The van der Waals surface area contributed by atoms with E-state index in [2.05, 4.69) is 53.5 Å². The zero-order valence-corrected chi connectivity index (χ0v) is 15.5. The Morgan fingerprint density at radius 2 is 2.05 bits per heavy atom. The molecule has 1 aliphatic carbocycles. The molecular formula is C15H25IN4O. The minimum Gasteiger partial charge on any atom is -0.443 e. The molecule has 0 unspecified atom stereocenters. The van der Waals surface area contributed by atoms with Crippen LogP contribution in [0.4, 0.5) is 0 Å². The van der Waals surface area contributed by atoms with Gasteiger partial charge in [0.2, 0.25) is 5.89 Å². The molecule has 2 rings (SSSR count). The predicted octanol–water partition coefficient (Wildman–Crippen LogP) is 2.97. The molecule has 118 valence electrons. The second kappa shape index (κ2) is 7.82. The van der Waals surface area contributed by atoms with Gasteiger partial charge in [-0.15, -0.1) is 24.0 Å². The molecule has 1 aromatic heterocycles. The lowest BCUT2D eigenvalue weighted by Gasteiger charge is -2.16. The number of hydrogen-bond donors (Lipinski definition) is 2. The molecule has 0 bridgehead atoms. The third-order valence-corrected chi connectivity index (χ3v) is 3.27. The minimum atomic E-state index is -0.0132. The highest BCUT2D eigenvalue weighted by atomic mass is 127. The second-order valence-corrected chi connectivity index (χ2v) is 6.08. The first-order chi connectivity index (χ1) is 9.49. The Labute approximate surface area is 143 Å².